The van der Waals surface area contributed by atoms with E-state index >= 15 is 0 Å². The number of hydrogen-bond acceptors (Lipinski definition) is 4. The third-order valence-corrected chi connectivity index (χ3v) is 6.19. The molecule has 1 N–H and O–H groups in total. The lowest BCUT2D eigenvalue weighted by molar-refractivity contribution is -0.158. The third-order valence-electron chi connectivity index (χ3n) is 6.19. The molecule has 0 spiro atoms. The van der Waals surface area contributed by atoms with E-state index in [1.807, 2.05) is 32.0 Å². The molecule has 1 aliphatic carbocycles. The Morgan fingerprint density at radius 1 is 1.14 bits per heavy atom. The van der Waals surface area contributed by atoms with Crippen molar-refractivity contribution < 1.29 is 19.1 Å². The van der Waals surface area contributed by atoms with Gasteiger partial charge in [0, 0.05) is 24.7 Å². The van der Waals surface area contributed by atoms with Crippen molar-refractivity contribution in [1.29, 1.82) is 0 Å². The van der Waals surface area contributed by atoms with Gasteiger partial charge >= 0.3 is 5.97 Å². The van der Waals surface area contributed by atoms with Crippen molar-refractivity contribution in [3.05, 3.63) is 29.3 Å². The van der Waals surface area contributed by atoms with Crippen LogP contribution in [0.4, 0.5) is 5.69 Å². The van der Waals surface area contributed by atoms with Gasteiger partial charge in [0.2, 0.25) is 5.91 Å². The van der Waals surface area contributed by atoms with Crippen LogP contribution in [0.5, 0.6) is 0 Å². The lowest BCUT2D eigenvalue weighted by atomic mass is 10.1. The molecule has 1 aromatic rings. The van der Waals surface area contributed by atoms with Gasteiger partial charge in [0.05, 0.1) is 5.92 Å². The number of esters is 1. The summed E-state index contributed by atoms with van der Waals surface area (Å²) in [4.78, 5) is 39.2. The summed E-state index contributed by atoms with van der Waals surface area (Å²) in [6.07, 6.45) is 5.89. The summed E-state index contributed by atoms with van der Waals surface area (Å²) in [5, 5.41) is 3.02. The van der Waals surface area contributed by atoms with E-state index in [-0.39, 0.29) is 24.3 Å². The van der Waals surface area contributed by atoms with E-state index in [1.54, 1.807) is 11.8 Å². The smallest absolute Gasteiger partial charge is 0.312 e. The summed E-state index contributed by atoms with van der Waals surface area (Å²) in [5.74, 6) is -1.36. The van der Waals surface area contributed by atoms with Crippen LogP contribution in [0, 0.1) is 19.8 Å². The highest BCUT2D eigenvalue weighted by Gasteiger charge is 2.38. The molecule has 1 heterocycles. The molecule has 0 unspecified atom stereocenters. The molecule has 6 nitrogen and oxygen atoms in total. The number of rotatable bonds is 5. The molecule has 3 rings (SSSR count). The molecule has 1 aliphatic heterocycles. The van der Waals surface area contributed by atoms with Crippen molar-refractivity contribution in [1.82, 2.24) is 5.32 Å². The molecule has 1 saturated carbocycles. The van der Waals surface area contributed by atoms with E-state index in [2.05, 4.69) is 5.32 Å². The highest BCUT2D eigenvalue weighted by atomic mass is 16.5. The molecule has 0 aromatic heterocycles. The summed E-state index contributed by atoms with van der Waals surface area (Å²) in [6.45, 7) is 5.87. The fraction of sp³-hybridized carbons (Fsp3) is 0.609. The first-order valence-electron chi connectivity index (χ1n) is 10.7. The van der Waals surface area contributed by atoms with Gasteiger partial charge in [-0.25, -0.2) is 0 Å². The predicted molar refractivity (Wildman–Crippen MR) is 112 cm³/mol. The van der Waals surface area contributed by atoms with Gasteiger partial charge in [0.25, 0.3) is 5.91 Å². The minimum absolute atomic E-state index is 0.0868. The summed E-state index contributed by atoms with van der Waals surface area (Å²) in [5.41, 5.74) is 2.97. The van der Waals surface area contributed by atoms with Crippen molar-refractivity contribution in [2.75, 3.05) is 11.4 Å². The third kappa shape index (κ3) is 5.17. The number of ether oxygens (including phenoxy) is 1. The summed E-state index contributed by atoms with van der Waals surface area (Å²) in [7, 11) is 0. The predicted octanol–water partition coefficient (Wildman–Crippen LogP) is 3.43. The fourth-order valence-corrected chi connectivity index (χ4v) is 4.19. The van der Waals surface area contributed by atoms with Crippen LogP contribution in [-0.4, -0.2) is 36.5 Å². The van der Waals surface area contributed by atoms with Crippen LogP contribution < -0.4 is 10.2 Å². The van der Waals surface area contributed by atoms with Gasteiger partial charge in [0.15, 0.2) is 6.10 Å². The standard InChI is InChI=1S/C23H32N2O4/c1-15-9-8-12-20(16(15)2)25-14-18(13-21(25)26)23(28)29-17(3)22(27)24-19-10-6-4-5-7-11-19/h8-9,12,17-19H,4-7,10-11,13-14H2,1-3H3,(H,24,27)/t17-,18-/m1/s1. The van der Waals surface area contributed by atoms with Gasteiger partial charge in [-0.05, 0) is 50.8 Å². The number of hydrogen-bond donors (Lipinski definition) is 1. The molecular weight excluding hydrogens is 368 g/mol. The van der Waals surface area contributed by atoms with Crippen LogP contribution in [-0.2, 0) is 19.1 Å². The molecule has 2 atom stereocenters. The number of benzene rings is 1. The minimum Gasteiger partial charge on any atom is -0.452 e. The molecule has 0 bridgehead atoms. The maximum Gasteiger partial charge on any atom is 0.312 e. The Kier molecular flexibility index (Phi) is 6.93. The van der Waals surface area contributed by atoms with Gasteiger partial charge in [-0.15, -0.1) is 0 Å². The second kappa shape index (κ2) is 9.42. The monoisotopic (exact) mass is 400 g/mol. The number of amides is 2. The molecule has 2 fully saturated rings. The van der Waals surface area contributed by atoms with Crippen LogP contribution in [0.2, 0.25) is 0 Å². The quantitative estimate of drug-likeness (QED) is 0.607. The molecule has 1 aromatic carbocycles. The van der Waals surface area contributed by atoms with Gasteiger partial charge in [-0.3, -0.25) is 14.4 Å². The fourth-order valence-electron chi connectivity index (χ4n) is 4.19. The normalized spacial score (nSPS) is 21.6. The Balaban J connectivity index is 1.55. The number of nitrogens with one attached hydrogen (secondary N) is 1. The van der Waals surface area contributed by atoms with Crippen LogP contribution in [0.15, 0.2) is 18.2 Å². The molecule has 1 saturated heterocycles. The minimum atomic E-state index is -0.851. The van der Waals surface area contributed by atoms with E-state index in [0.29, 0.717) is 6.54 Å². The first-order valence-corrected chi connectivity index (χ1v) is 10.7. The SMILES string of the molecule is Cc1cccc(N2C[C@H](C(=O)O[C@H](C)C(=O)NC3CCCCCC3)CC2=O)c1C. The van der Waals surface area contributed by atoms with Crippen LogP contribution in [0.1, 0.15) is 63.0 Å². The first-order chi connectivity index (χ1) is 13.9. The van der Waals surface area contributed by atoms with Crippen LogP contribution in [0.3, 0.4) is 0 Å². The average molecular weight is 401 g/mol. The lowest BCUT2D eigenvalue weighted by Crippen LogP contribution is -2.42. The van der Waals surface area contributed by atoms with Crippen molar-refractivity contribution >= 4 is 23.5 Å². The summed E-state index contributed by atoms with van der Waals surface area (Å²) in [6, 6.07) is 5.98. The van der Waals surface area contributed by atoms with E-state index in [1.165, 1.54) is 12.8 Å². The average Bonchev–Trinajstić information content (AvgIpc) is 2.89. The zero-order valence-corrected chi connectivity index (χ0v) is 17.7. The maximum absolute atomic E-state index is 12.6. The van der Waals surface area contributed by atoms with E-state index in [0.717, 1.165) is 42.5 Å². The molecule has 6 heteroatoms. The van der Waals surface area contributed by atoms with Gasteiger partial charge < -0.3 is 15.0 Å². The van der Waals surface area contributed by atoms with Crippen LogP contribution >= 0.6 is 0 Å². The first kappa shape index (κ1) is 21.3. The van der Waals surface area contributed by atoms with E-state index in [4.69, 9.17) is 4.74 Å². The maximum atomic E-state index is 12.6. The number of nitrogens with zero attached hydrogens (tertiary/aromatic N) is 1. The largest absolute Gasteiger partial charge is 0.452 e. The zero-order chi connectivity index (χ0) is 21.0. The van der Waals surface area contributed by atoms with Gasteiger partial charge in [-0.2, -0.15) is 0 Å². The molecule has 158 valence electrons. The molecule has 2 aliphatic rings. The molecule has 29 heavy (non-hydrogen) atoms. The molecule has 0 radical (unpaired) electrons. The zero-order valence-electron chi connectivity index (χ0n) is 17.7. The highest BCUT2D eigenvalue weighted by molar-refractivity contribution is 6.00. The van der Waals surface area contributed by atoms with Gasteiger partial charge in [-0.1, -0.05) is 37.8 Å². The van der Waals surface area contributed by atoms with Crippen molar-refractivity contribution in [2.24, 2.45) is 5.92 Å². The number of anilines is 1. The Bertz CT molecular complexity index is 768. The number of carbonyl (C=O) groups excluding carboxylic acids is 3. The number of carbonyl (C=O) groups is 3. The Morgan fingerprint density at radius 2 is 1.83 bits per heavy atom. The molecule has 2 amide bonds. The highest BCUT2D eigenvalue weighted by Crippen LogP contribution is 2.30. The topological polar surface area (TPSA) is 75.7 Å². The second-order valence-electron chi connectivity index (χ2n) is 8.40. The number of aryl methyl sites for hydroxylation is 1. The van der Waals surface area contributed by atoms with Gasteiger partial charge in [0.1, 0.15) is 0 Å². The second-order valence-corrected chi connectivity index (χ2v) is 8.40. The lowest BCUT2D eigenvalue weighted by Gasteiger charge is -2.21. The van der Waals surface area contributed by atoms with Crippen molar-refractivity contribution in [2.45, 2.75) is 77.9 Å². The molecular formula is C23H32N2O4. The Hall–Kier alpha value is -2.37. The summed E-state index contributed by atoms with van der Waals surface area (Å²) >= 11 is 0. The van der Waals surface area contributed by atoms with E-state index in [9.17, 15) is 14.4 Å². The van der Waals surface area contributed by atoms with E-state index < -0.39 is 18.0 Å². The Morgan fingerprint density at radius 3 is 2.52 bits per heavy atom. The van der Waals surface area contributed by atoms with Crippen molar-refractivity contribution in [3.63, 3.8) is 0 Å². The Labute approximate surface area is 173 Å². The van der Waals surface area contributed by atoms with Crippen molar-refractivity contribution in [3.8, 4) is 0 Å². The van der Waals surface area contributed by atoms with Crippen LogP contribution in [0.25, 0.3) is 0 Å². The summed E-state index contributed by atoms with van der Waals surface area (Å²) < 4.78 is 5.43.